The van der Waals surface area contributed by atoms with Crippen LogP contribution < -0.4 is 0 Å². The highest BCUT2D eigenvalue weighted by molar-refractivity contribution is 5.97. The van der Waals surface area contributed by atoms with Crippen molar-refractivity contribution in [1.29, 1.82) is 0 Å². The molecule has 0 unspecified atom stereocenters. The average molecular weight is 216 g/mol. The van der Waals surface area contributed by atoms with Gasteiger partial charge in [0.1, 0.15) is 5.82 Å². The Kier molecular flexibility index (Phi) is 3.00. The zero-order valence-corrected chi connectivity index (χ0v) is 8.43. The number of nitrogens with zero attached hydrogens (tertiary/aromatic N) is 2. The molecular formula is C12H9FN2O. The number of hydrogen-bond donors (Lipinski definition) is 0. The van der Waals surface area contributed by atoms with Crippen LogP contribution in [-0.2, 0) is 6.42 Å². The van der Waals surface area contributed by atoms with Gasteiger partial charge in [-0.15, -0.1) is 0 Å². The third-order valence-electron chi connectivity index (χ3n) is 2.13. The molecule has 0 spiro atoms. The minimum absolute atomic E-state index is 0.0643. The van der Waals surface area contributed by atoms with E-state index in [0.717, 1.165) is 0 Å². The Morgan fingerprint density at radius 1 is 1.25 bits per heavy atom. The number of ketones is 1. The van der Waals surface area contributed by atoms with Crippen molar-refractivity contribution in [2.45, 2.75) is 6.42 Å². The van der Waals surface area contributed by atoms with Gasteiger partial charge in [0.2, 0.25) is 0 Å². The number of hydrogen-bond acceptors (Lipinski definition) is 3. The quantitative estimate of drug-likeness (QED) is 0.737. The van der Waals surface area contributed by atoms with Crippen LogP contribution in [-0.4, -0.2) is 15.8 Å². The van der Waals surface area contributed by atoms with Crippen molar-refractivity contribution >= 4 is 5.78 Å². The smallest absolute Gasteiger partial charge is 0.171 e. The molecule has 0 N–H and O–H groups in total. The molecule has 4 heteroatoms. The minimum Gasteiger partial charge on any atom is -0.294 e. The minimum atomic E-state index is -0.503. The summed E-state index contributed by atoms with van der Waals surface area (Å²) in [6.45, 7) is 0. The van der Waals surface area contributed by atoms with E-state index in [0.29, 0.717) is 5.69 Å². The highest BCUT2D eigenvalue weighted by atomic mass is 19.1. The molecule has 2 aromatic rings. The van der Waals surface area contributed by atoms with Crippen molar-refractivity contribution in [3.8, 4) is 0 Å². The van der Waals surface area contributed by atoms with Crippen LogP contribution >= 0.6 is 0 Å². The van der Waals surface area contributed by atoms with Crippen LogP contribution in [0.3, 0.4) is 0 Å². The third kappa shape index (κ3) is 2.28. The molecule has 1 aromatic carbocycles. The average Bonchev–Trinajstić information content (AvgIpc) is 2.31. The van der Waals surface area contributed by atoms with Gasteiger partial charge in [-0.1, -0.05) is 12.1 Å². The Bertz CT molecular complexity index is 499. The molecular weight excluding hydrogens is 207 g/mol. The molecule has 1 heterocycles. The SMILES string of the molecule is O=C(Cc1cnccn1)c1ccccc1F. The van der Waals surface area contributed by atoms with Crippen LogP contribution in [0.1, 0.15) is 16.1 Å². The first kappa shape index (κ1) is 10.4. The summed E-state index contributed by atoms with van der Waals surface area (Å²) in [7, 11) is 0. The van der Waals surface area contributed by atoms with Crippen LogP contribution in [0.5, 0.6) is 0 Å². The fourth-order valence-corrected chi connectivity index (χ4v) is 1.37. The molecule has 0 bridgehead atoms. The maximum Gasteiger partial charge on any atom is 0.171 e. The topological polar surface area (TPSA) is 42.9 Å². The summed E-state index contributed by atoms with van der Waals surface area (Å²) in [5.74, 6) is -0.796. The van der Waals surface area contributed by atoms with Crippen LogP contribution in [0.15, 0.2) is 42.9 Å². The molecule has 16 heavy (non-hydrogen) atoms. The summed E-state index contributed by atoms with van der Waals surface area (Å²) in [4.78, 5) is 19.5. The number of carbonyl (C=O) groups is 1. The summed E-state index contributed by atoms with van der Waals surface area (Å²) in [6, 6.07) is 5.92. The van der Waals surface area contributed by atoms with E-state index in [9.17, 15) is 9.18 Å². The van der Waals surface area contributed by atoms with E-state index in [1.165, 1.54) is 30.7 Å². The molecule has 2 rings (SSSR count). The highest BCUT2D eigenvalue weighted by Gasteiger charge is 2.11. The summed E-state index contributed by atoms with van der Waals surface area (Å²) in [5, 5.41) is 0. The highest BCUT2D eigenvalue weighted by Crippen LogP contribution is 2.09. The molecule has 0 aliphatic carbocycles. The number of rotatable bonds is 3. The maximum atomic E-state index is 13.3. The fourth-order valence-electron chi connectivity index (χ4n) is 1.37. The molecule has 0 fully saturated rings. The Morgan fingerprint density at radius 2 is 2.06 bits per heavy atom. The third-order valence-corrected chi connectivity index (χ3v) is 2.13. The van der Waals surface area contributed by atoms with Gasteiger partial charge in [-0.2, -0.15) is 0 Å². The van der Waals surface area contributed by atoms with Crippen molar-refractivity contribution in [3.05, 3.63) is 59.9 Å². The van der Waals surface area contributed by atoms with E-state index in [1.54, 1.807) is 12.1 Å². The van der Waals surface area contributed by atoms with Gasteiger partial charge in [0.25, 0.3) is 0 Å². The molecule has 80 valence electrons. The monoisotopic (exact) mass is 216 g/mol. The van der Waals surface area contributed by atoms with E-state index in [4.69, 9.17) is 0 Å². The van der Waals surface area contributed by atoms with Gasteiger partial charge in [-0.3, -0.25) is 14.8 Å². The van der Waals surface area contributed by atoms with E-state index in [2.05, 4.69) is 9.97 Å². The summed E-state index contributed by atoms with van der Waals surface area (Å²) < 4.78 is 13.3. The first-order valence-corrected chi connectivity index (χ1v) is 4.80. The standard InChI is InChI=1S/C12H9FN2O/c13-11-4-2-1-3-10(11)12(16)7-9-8-14-5-6-15-9/h1-6,8H,7H2. The Morgan fingerprint density at radius 3 is 2.75 bits per heavy atom. The summed E-state index contributed by atoms with van der Waals surface area (Å²) in [5.41, 5.74) is 0.629. The van der Waals surface area contributed by atoms with Crippen molar-refractivity contribution in [3.63, 3.8) is 0 Å². The second kappa shape index (κ2) is 4.61. The van der Waals surface area contributed by atoms with Gasteiger partial charge in [-0.05, 0) is 12.1 Å². The predicted octanol–water partition coefficient (Wildman–Crippen LogP) is 2.04. The summed E-state index contributed by atoms with van der Waals surface area (Å²) in [6.07, 6.45) is 4.59. The second-order valence-electron chi connectivity index (χ2n) is 3.28. The van der Waals surface area contributed by atoms with Crippen molar-refractivity contribution < 1.29 is 9.18 Å². The van der Waals surface area contributed by atoms with Gasteiger partial charge >= 0.3 is 0 Å². The zero-order chi connectivity index (χ0) is 11.4. The van der Waals surface area contributed by atoms with Crippen LogP contribution in [0, 0.1) is 5.82 Å². The molecule has 0 amide bonds. The lowest BCUT2D eigenvalue weighted by molar-refractivity contribution is 0.0988. The lowest BCUT2D eigenvalue weighted by Gasteiger charge is -2.01. The molecule has 0 saturated heterocycles. The second-order valence-corrected chi connectivity index (χ2v) is 3.28. The van der Waals surface area contributed by atoms with Gasteiger partial charge < -0.3 is 0 Å². The Labute approximate surface area is 92.0 Å². The molecule has 0 atom stereocenters. The van der Waals surface area contributed by atoms with Crippen molar-refractivity contribution in [2.24, 2.45) is 0 Å². The van der Waals surface area contributed by atoms with Gasteiger partial charge in [0, 0.05) is 18.6 Å². The first-order chi connectivity index (χ1) is 7.77. The maximum absolute atomic E-state index is 13.3. The van der Waals surface area contributed by atoms with E-state index in [1.807, 2.05) is 0 Å². The Balaban J connectivity index is 2.19. The zero-order valence-electron chi connectivity index (χ0n) is 8.43. The number of carbonyl (C=O) groups excluding carboxylic acids is 1. The normalized spacial score (nSPS) is 10.1. The van der Waals surface area contributed by atoms with Crippen molar-refractivity contribution in [2.75, 3.05) is 0 Å². The van der Waals surface area contributed by atoms with Gasteiger partial charge in [-0.25, -0.2) is 4.39 Å². The van der Waals surface area contributed by atoms with Gasteiger partial charge in [0.15, 0.2) is 5.78 Å². The lowest BCUT2D eigenvalue weighted by Crippen LogP contribution is -2.07. The number of benzene rings is 1. The van der Waals surface area contributed by atoms with E-state index < -0.39 is 5.82 Å². The molecule has 0 radical (unpaired) electrons. The van der Waals surface area contributed by atoms with Gasteiger partial charge in [0.05, 0.1) is 17.7 Å². The molecule has 0 aliphatic rings. The number of halogens is 1. The predicted molar refractivity (Wildman–Crippen MR) is 56.5 cm³/mol. The largest absolute Gasteiger partial charge is 0.294 e. The van der Waals surface area contributed by atoms with Crippen LogP contribution in [0.2, 0.25) is 0 Å². The fraction of sp³-hybridized carbons (Fsp3) is 0.0833. The molecule has 1 aromatic heterocycles. The van der Waals surface area contributed by atoms with Crippen molar-refractivity contribution in [1.82, 2.24) is 9.97 Å². The van der Waals surface area contributed by atoms with E-state index >= 15 is 0 Å². The summed E-state index contributed by atoms with van der Waals surface area (Å²) >= 11 is 0. The first-order valence-electron chi connectivity index (χ1n) is 4.80. The Hall–Kier alpha value is -2.10. The van der Waals surface area contributed by atoms with E-state index in [-0.39, 0.29) is 17.8 Å². The number of Topliss-reactive ketones (excluding diaryl/α,β-unsaturated/α-hetero) is 1. The number of aromatic nitrogens is 2. The van der Waals surface area contributed by atoms with Crippen LogP contribution in [0.4, 0.5) is 4.39 Å². The molecule has 0 saturated carbocycles. The molecule has 0 aliphatic heterocycles. The van der Waals surface area contributed by atoms with Crippen LogP contribution in [0.25, 0.3) is 0 Å². The lowest BCUT2D eigenvalue weighted by atomic mass is 10.1. The molecule has 3 nitrogen and oxygen atoms in total.